The number of carbonyl (C=O) groups is 1. The van der Waals surface area contributed by atoms with Crippen molar-refractivity contribution in [2.45, 2.75) is 6.92 Å². The van der Waals surface area contributed by atoms with Crippen LogP contribution in [-0.4, -0.2) is 40.2 Å². The van der Waals surface area contributed by atoms with Crippen LogP contribution in [0.25, 0.3) is 11.4 Å². The average Bonchev–Trinajstić information content (AvgIpc) is 3.15. The maximum Gasteiger partial charge on any atom is 0.273 e. The fourth-order valence-corrected chi connectivity index (χ4v) is 2.67. The lowest BCUT2D eigenvalue weighted by atomic mass is 10.1. The third-order valence-corrected chi connectivity index (χ3v) is 4.12. The fraction of sp³-hybridized carbons (Fsp3) is 0.167. The summed E-state index contributed by atoms with van der Waals surface area (Å²) in [6, 6.07) is 9.47. The van der Waals surface area contributed by atoms with E-state index in [1.165, 1.54) is 32.2 Å². The molecule has 0 aliphatic rings. The molecule has 0 fully saturated rings. The second-order valence-corrected chi connectivity index (χ2v) is 5.73. The van der Waals surface area contributed by atoms with Gasteiger partial charge in [-0.25, -0.2) is 0 Å². The Hall–Kier alpha value is -3.95. The molecule has 0 radical (unpaired) electrons. The molecule has 0 unspecified atom stereocenters. The van der Waals surface area contributed by atoms with E-state index in [1.54, 1.807) is 25.3 Å². The zero-order valence-corrected chi connectivity index (χ0v) is 15.3. The van der Waals surface area contributed by atoms with Crippen molar-refractivity contribution in [3.05, 3.63) is 57.6 Å². The molecule has 2 N–H and O–H groups in total. The lowest BCUT2D eigenvalue weighted by molar-refractivity contribution is -0.385. The molecule has 28 heavy (non-hydrogen) atoms. The number of anilines is 1. The number of nitrogens with one attached hydrogen (secondary N) is 2. The van der Waals surface area contributed by atoms with Crippen LogP contribution in [0.2, 0.25) is 0 Å². The molecule has 1 aromatic heterocycles. The second kappa shape index (κ2) is 7.74. The number of methoxy groups -OCH3 is 2. The molecule has 10 nitrogen and oxygen atoms in total. The third-order valence-electron chi connectivity index (χ3n) is 4.12. The molecule has 0 saturated carbocycles. The summed E-state index contributed by atoms with van der Waals surface area (Å²) < 4.78 is 10.5. The van der Waals surface area contributed by atoms with Crippen LogP contribution in [0.1, 0.15) is 15.9 Å². The van der Waals surface area contributed by atoms with Crippen LogP contribution in [0, 0.1) is 17.0 Å². The molecule has 3 aromatic rings. The number of amides is 1. The Morgan fingerprint density at radius 1 is 1.21 bits per heavy atom. The number of hydrogen-bond donors (Lipinski definition) is 2. The van der Waals surface area contributed by atoms with Crippen LogP contribution in [-0.2, 0) is 0 Å². The van der Waals surface area contributed by atoms with Gasteiger partial charge in [-0.1, -0.05) is 6.07 Å². The lowest BCUT2D eigenvalue weighted by Crippen LogP contribution is -2.15. The molecule has 3 rings (SSSR count). The first-order valence-electron chi connectivity index (χ1n) is 8.14. The summed E-state index contributed by atoms with van der Waals surface area (Å²) in [5.74, 6) is 1.00. The first-order chi connectivity index (χ1) is 13.4. The summed E-state index contributed by atoms with van der Waals surface area (Å²) in [6.45, 7) is 1.51. The maximum atomic E-state index is 12.5. The number of H-pyrrole nitrogens is 1. The van der Waals surface area contributed by atoms with E-state index in [2.05, 4.69) is 20.5 Å². The molecular formula is C18H17N5O5. The van der Waals surface area contributed by atoms with E-state index in [-0.39, 0.29) is 22.8 Å². The van der Waals surface area contributed by atoms with E-state index in [1.807, 2.05) is 0 Å². The summed E-state index contributed by atoms with van der Waals surface area (Å²) in [7, 11) is 3.06. The zero-order valence-electron chi connectivity index (χ0n) is 15.3. The standard InChI is InChI=1S/C18H17N5O5/c1-10-12(5-4-6-14(10)23(25)26)17(24)20-18-19-16(21-22-18)13-8-7-11(27-2)9-15(13)28-3/h4-9H,1-3H3,(H2,19,20,21,22,24). The van der Waals surface area contributed by atoms with Crippen LogP contribution < -0.4 is 14.8 Å². The van der Waals surface area contributed by atoms with Gasteiger partial charge in [-0.15, -0.1) is 5.10 Å². The fourth-order valence-electron chi connectivity index (χ4n) is 2.67. The number of ether oxygens (including phenoxy) is 2. The van der Waals surface area contributed by atoms with E-state index in [9.17, 15) is 14.9 Å². The topological polar surface area (TPSA) is 132 Å². The monoisotopic (exact) mass is 383 g/mol. The number of benzene rings is 2. The minimum Gasteiger partial charge on any atom is -0.497 e. The van der Waals surface area contributed by atoms with Crippen LogP contribution in [0.5, 0.6) is 11.5 Å². The highest BCUT2D eigenvalue weighted by molar-refractivity contribution is 6.05. The molecule has 0 bridgehead atoms. The Kier molecular flexibility index (Phi) is 5.21. The van der Waals surface area contributed by atoms with Crippen molar-refractivity contribution >= 4 is 17.5 Å². The number of hydrogen-bond acceptors (Lipinski definition) is 7. The van der Waals surface area contributed by atoms with E-state index in [0.717, 1.165) is 0 Å². The van der Waals surface area contributed by atoms with Gasteiger partial charge in [0.15, 0.2) is 5.82 Å². The molecule has 10 heteroatoms. The van der Waals surface area contributed by atoms with Gasteiger partial charge in [0.25, 0.3) is 11.6 Å². The van der Waals surface area contributed by atoms with Gasteiger partial charge in [0.1, 0.15) is 11.5 Å². The van der Waals surface area contributed by atoms with Gasteiger partial charge in [0.2, 0.25) is 5.95 Å². The van der Waals surface area contributed by atoms with Crippen LogP contribution in [0.3, 0.4) is 0 Å². The van der Waals surface area contributed by atoms with Crippen molar-refractivity contribution in [3.8, 4) is 22.9 Å². The Labute approximate surface area is 159 Å². The molecular weight excluding hydrogens is 366 g/mol. The number of aromatic amines is 1. The van der Waals surface area contributed by atoms with E-state index in [4.69, 9.17) is 9.47 Å². The maximum absolute atomic E-state index is 12.5. The predicted molar refractivity (Wildman–Crippen MR) is 101 cm³/mol. The highest BCUT2D eigenvalue weighted by Gasteiger charge is 2.19. The summed E-state index contributed by atoms with van der Waals surface area (Å²) in [5, 5.41) is 20.3. The van der Waals surface area contributed by atoms with Crippen molar-refractivity contribution in [2.75, 3.05) is 19.5 Å². The Bertz CT molecular complexity index is 1050. The molecule has 0 spiro atoms. The van der Waals surface area contributed by atoms with Crippen LogP contribution in [0.15, 0.2) is 36.4 Å². The number of nitro benzene ring substituents is 1. The van der Waals surface area contributed by atoms with Gasteiger partial charge in [0.05, 0.1) is 24.7 Å². The summed E-state index contributed by atoms with van der Waals surface area (Å²) >= 11 is 0. The van der Waals surface area contributed by atoms with Crippen molar-refractivity contribution in [3.63, 3.8) is 0 Å². The van der Waals surface area contributed by atoms with Crippen LogP contribution in [0.4, 0.5) is 11.6 Å². The van der Waals surface area contributed by atoms with Gasteiger partial charge in [-0.2, -0.15) is 4.98 Å². The van der Waals surface area contributed by atoms with E-state index < -0.39 is 10.8 Å². The molecule has 0 saturated heterocycles. The minimum absolute atomic E-state index is 0.0313. The third kappa shape index (κ3) is 3.61. The van der Waals surface area contributed by atoms with Crippen molar-refractivity contribution in [1.29, 1.82) is 0 Å². The van der Waals surface area contributed by atoms with Crippen molar-refractivity contribution < 1.29 is 19.2 Å². The average molecular weight is 383 g/mol. The molecule has 1 heterocycles. The largest absolute Gasteiger partial charge is 0.497 e. The number of carbonyl (C=O) groups excluding carboxylic acids is 1. The van der Waals surface area contributed by atoms with Gasteiger partial charge in [-0.3, -0.25) is 25.3 Å². The molecule has 0 atom stereocenters. The first-order valence-corrected chi connectivity index (χ1v) is 8.14. The minimum atomic E-state index is -0.548. The SMILES string of the molecule is COc1ccc(-c2nc(NC(=O)c3cccc([N+](=O)[O-])c3C)n[nH]2)c(OC)c1. The molecule has 144 valence electrons. The lowest BCUT2D eigenvalue weighted by Gasteiger charge is -2.08. The Morgan fingerprint density at radius 2 is 2.00 bits per heavy atom. The van der Waals surface area contributed by atoms with Crippen LogP contribution >= 0.6 is 0 Å². The normalized spacial score (nSPS) is 10.4. The molecule has 1 amide bonds. The highest BCUT2D eigenvalue weighted by atomic mass is 16.6. The summed E-state index contributed by atoms with van der Waals surface area (Å²) in [5.41, 5.74) is 0.925. The summed E-state index contributed by atoms with van der Waals surface area (Å²) in [6.07, 6.45) is 0. The summed E-state index contributed by atoms with van der Waals surface area (Å²) in [4.78, 5) is 27.2. The number of rotatable bonds is 6. The molecule has 0 aliphatic heterocycles. The zero-order chi connectivity index (χ0) is 20.3. The molecule has 2 aromatic carbocycles. The highest BCUT2D eigenvalue weighted by Crippen LogP contribution is 2.31. The smallest absolute Gasteiger partial charge is 0.273 e. The van der Waals surface area contributed by atoms with Gasteiger partial charge in [-0.05, 0) is 25.1 Å². The van der Waals surface area contributed by atoms with E-state index >= 15 is 0 Å². The van der Waals surface area contributed by atoms with Gasteiger partial charge in [0, 0.05) is 23.3 Å². The Morgan fingerprint density at radius 3 is 2.68 bits per heavy atom. The predicted octanol–water partition coefficient (Wildman–Crippen LogP) is 2.96. The first kappa shape index (κ1) is 18.8. The van der Waals surface area contributed by atoms with Gasteiger partial charge < -0.3 is 9.47 Å². The molecule has 0 aliphatic carbocycles. The second-order valence-electron chi connectivity index (χ2n) is 5.73. The van der Waals surface area contributed by atoms with E-state index in [0.29, 0.717) is 22.9 Å². The quantitative estimate of drug-likeness (QED) is 0.494. The van der Waals surface area contributed by atoms with Crippen molar-refractivity contribution in [2.24, 2.45) is 0 Å². The number of nitrogens with zero attached hydrogens (tertiary/aromatic N) is 3. The van der Waals surface area contributed by atoms with Crippen molar-refractivity contribution in [1.82, 2.24) is 15.2 Å². The number of aromatic nitrogens is 3. The number of nitro groups is 1. The Balaban J connectivity index is 1.85. The van der Waals surface area contributed by atoms with Gasteiger partial charge >= 0.3 is 0 Å².